The lowest BCUT2D eigenvalue weighted by Gasteiger charge is -2.06. The predicted molar refractivity (Wildman–Crippen MR) is 70.4 cm³/mol. The molecule has 0 saturated carbocycles. The second kappa shape index (κ2) is 4.73. The summed E-state index contributed by atoms with van der Waals surface area (Å²) in [4.78, 5) is 12.0. The smallest absolute Gasteiger partial charge is 0.255 e. The number of anilines is 1. The number of H-pyrrole nitrogens is 1. The van der Waals surface area contributed by atoms with E-state index in [4.69, 9.17) is 0 Å². The topological polar surface area (TPSA) is 57.8 Å². The highest BCUT2D eigenvalue weighted by Gasteiger charge is 2.11. The molecule has 0 aliphatic rings. The maximum atomic E-state index is 13.5. The third-order valence-electron chi connectivity index (χ3n) is 2.88. The standard InChI is InChI=1S/C14H9F2N3O/c15-10-2-3-11(16)13(6-10)18-14(20)8-1-4-12-9(5-8)7-17-19-12/h1-7H,(H,17,19)(H,18,20). The van der Waals surface area contributed by atoms with E-state index in [2.05, 4.69) is 15.5 Å². The van der Waals surface area contributed by atoms with Crippen molar-refractivity contribution in [1.82, 2.24) is 10.2 Å². The summed E-state index contributed by atoms with van der Waals surface area (Å²) >= 11 is 0. The van der Waals surface area contributed by atoms with Crippen LogP contribution in [0.25, 0.3) is 10.9 Å². The number of halogens is 2. The number of fused-ring (bicyclic) bond motifs is 1. The maximum Gasteiger partial charge on any atom is 0.255 e. The van der Waals surface area contributed by atoms with E-state index in [1.54, 1.807) is 24.4 Å². The van der Waals surface area contributed by atoms with Gasteiger partial charge in [0, 0.05) is 17.0 Å². The van der Waals surface area contributed by atoms with Crippen LogP contribution in [-0.4, -0.2) is 16.1 Å². The van der Waals surface area contributed by atoms with E-state index in [1.807, 2.05) is 0 Å². The van der Waals surface area contributed by atoms with E-state index < -0.39 is 17.5 Å². The van der Waals surface area contributed by atoms with Crippen molar-refractivity contribution < 1.29 is 13.6 Å². The Kier molecular flexibility index (Phi) is 2.90. The lowest BCUT2D eigenvalue weighted by atomic mass is 10.1. The summed E-state index contributed by atoms with van der Waals surface area (Å²) in [6.07, 6.45) is 1.58. The number of rotatable bonds is 2. The number of amides is 1. The average molecular weight is 273 g/mol. The molecule has 0 fully saturated rings. The molecule has 1 aromatic heterocycles. The van der Waals surface area contributed by atoms with Crippen molar-refractivity contribution in [2.75, 3.05) is 5.32 Å². The molecule has 20 heavy (non-hydrogen) atoms. The van der Waals surface area contributed by atoms with Gasteiger partial charge in [-0.25, -0.2) is 8.78 Å². The first-order valence-electron chi connectivity index (χ1n) is 5.83. The molecule has 2 aromatic carbocycles. The van der Waals surface area contributed by atoms with Crippen molar-refractivity contribution in [3.8, 4) is 0 Å². The highest BCUT2D eigenvalue weighted by Crippen LogP contribution is 2.18. The van der Waals surface area contributed by atoms with E-state index in [9.17, 15) is 13.6 Å². The van der Waals surface area contributed by atoms with E-state index in [1.165, 1.54) is 0 Å². The van der Waals surface area contributed by atoms with E-state index >= 15 is 0 Å². The Morgan fingerprint density at radius 1 is 1.15 bits per heavy atom. The molecule has 0 saturated heterocycles. The molecule has 3 rings (SSSR count). The number of aromatic nitrogens is 2. The molecule has 0 bridgehead atoms. The van der Waals surface area contributed by atoms with Crippen LogP contribution in [0.4, 0.5) is 14.5 Å². The lowest BCUT2D eigenvalue weighted by molar-refractivity contribution is 0.102. The summed E-state index contributed by atoms with van der Waals surface area (Å²) in [5, 5.41) is 9.71. The molecule has 0 atom stereocenters. The summed E-state index contributed by atoms with van der Waals surface area (Å²) in [6, 6.07) is 7.77. The van der Waals surface area contributed by atoms with Crippen LogP contribution >= 0.6 is 0 Å². The Labute approximate surface area is 112 Å². The molecule has 1 amide bonds. The predicted octanol–water partition coefficient (Wildman–Crippen LogP) is 3.09. The molecule has 0 radical (unpaired) electrons. The first-order valence-corrected chi connectivity index (χ1v) is 5.83. The minimum absolute atomic E-state index is 0.192. The number of carbonyl (C=O) groups is 1. The number of nitrogens with zero attached hydrogens (tertiary/aromatic N) is 1. The average Bonchev–Trinajstić information content (AvgIpc) is 2.90. The number of carbonyl (C=O) groups excluding carboxylic acids is 1. The van der Waals surface area contributed by atoms with E-state index in [-0.39, 0.29) is 5.69 Å². The van der Waals surface area contributed by atoms with Gasteiger partial charge in [0.1, 0.15) is 11.6 Å². The van der Waals surface area contributed by atoms with Crippen molar-refractivity contribution in [1.29, 1.82) is 0 Å². The summed E-state index contributed by atoms with van der Waals surface area (Å²) in [5.74, 6) is -1.83. The van der Waals surface area contributed by atoms with Gasteiger partial charge in [-0.3, -0.25) is 9.89 Å². The second-order valence-electron chi connectivity index (χ2n) is 4.25. The number of aromatic amines is 1. The summed E-state index contributed by atoms with van der Waals surface area (Å²) in [7, 11) is 0. The van der Waals surface area contributed by atoms with Gasteiger partial charge in [-0.2, -0.15) is 5.10 Å². The van der Waals surface area contributed by atoms with Crippen LogP contribution in [0.2, 0.25) is 0 Å². The van der Waals surface area contributed by atoms with Gasteiger partial charge in [0.05, 0.1) is 17.4 Å². The summed E-state index contributed by atoms with van der Waals surface area (Å²) < 4.78 is 26.5. The molecule has 1 heterocycles. The van der Waals surface area contributed by atoms with Crippen molar-refractivity contribution in [2.45, 2.75) is 0 Å². The second-order valence-corrected chi connectivity index (χ2v) is 4.25. The molecule has 4 nitrogen and oxygen atoms in total. The van der Waals surface area contributed by atoms with Gasteiger partial charge in [-0.1, -0.05) is 0 Å². The normalized spacial score (nSPS) is 10.7. The van der Waals surface area contributed by atoms with Gasteiger partial charge in [0.2, 0.25) is 0 Å². The Hall–Kier alpha value is -2.76. The van der Waals surface area contributed by atoms with Gasteiger partial charge < -0.3 is 5.32 Å². The van der Waals surface area contributed by atoms with Crippen LogP contribution in [-0.2, 0) is 0 Å². The third kappa shape index (κ3) is 2.23. The third-order valence-corrected chi connectivity index (χ3v) is 2.88. The van der Waals surface area contributed by atoms with Gasteiger partial charge in [-0.05, 0) is 30.3 Å². The molecule has 0 aliphatic carbocycles. The minimum Gasteiger partial charge on any atom is -0.319 e. The van der Waals surface area contributed by atoms with E-state index in [0.29, 0.717) is 5.56 Å². The van der Waals surface area contributed by atoms with Crippen molar-refractivity contribution >= 4 is 22.5 Å². The zero-order valence-corrected chi connectivity index (χ0v) is 10.2. The van der Waals surface area contributed by atoms with Crippen LogP contribution in [0.1, 0.15) is 10.4 Å². The molecule has 100 valence electrons. The van der Waals surface area contributed by atoms with Crippen molar-refractivity contribution in [3.05, 3.63) is 59.8 Å². The quantitative estimate of drug-likeness (QED) is 0.753. The summed E-state index contributed by atoms with van der Waals surface area (Å²) in [6.45, 7) is 0. The van der Waals surface area contributed by atoms with Gasteiger partial charge in [0.25, 0.3) is 5.91 Å². The Balaban J connectivity index is 1.90. The van der Waals surface area contributed by atoms with Gasteiger partial charge in [0.15, 0.2) is 0 Å². The maximum absolute atomic E-state index is 13.5. The van der Waals surface area contributed by atoms with Crippen molar-refractivity contribution in [2.24, 2.45) is 0 Å². The number of hydrogen-bond acceptors (Lipinski definition) is 2. The van der Waals surface area contributed by atoms with Crippen LogP contribution in [0.15, 0.2) is 42.6 Å². The zero-order chi connectivity index (χ0) is 14.1. The van der Waals surface area contributed by atoms with Gasteiger partial charge in [-0.15, -0.1) is 0 Å². The molecule has 0 aliphatic heterocycles. The fourth-order valence-corrected chi connectivity index (χ4v) is 1.87. The number of hydrogen-bond donors (Lipinski definition) is 2. The Bertz CT molecular complexity index is 798. The SMILES string of the molecule is O=C(Nc1cc(F)ccc1F)c1ccc2[nH]ncc2c1. The fraction of sp³-hybridized carbons (Fsp3) is 0. The molecule has 0 spiro atoms. The van der Waals surface area contributed by atoms with Crippen LogP contribution in [0.3, 0.4) is 0 Å². The minimum atomic E-state index is -0.691. The van der Waals surface area contributed by atoms with Gasteiger partial charge >= 0.3 is 0 Å². The first kappa shape index (κ1) is 12.3. The molecule has 6 heteroatoms. The molecule has 0 unspecified atom stereocenters. The molecule has 2 N–H and O–H groups in total. The van der Waals surface area contributed by atoms with Crippen LogP contribution in [0.5, 0.6) is 0 Å². The summed E-state index contributed by atoms with van der Waals surface area (Å²) in [5.41, 5.74) is 0.934. The molecular formula is C14H9F2N3O. The molecular weight excluding hydrogens is 264 g/mol. The Morgan fingerprint density at radius 2 is 2.00 bits per heavy atom. The van der Waals surface area contributed by atoms with Crippen LogP contribution in [0, 0.1) is 11.6 Å². The number of benzene rings is 2. The number of nitrogens with one attached hydrogen (secondary N) is 2. The molecule has 3 aromatic rings. The Morgan fingerprint density at radius 3 is 2.85 bits per heavy atom. The lowest BCUT2D eigenvalue weighted by Crippen LogP contribution is -2.13. The highest BCUT2D eigenvalue weighted by molar-refractivity contribution is 6.06. The van der Waals surface area contributed by atoms with E-state index in [0.717, 1.165) is 29.1 Å². The monoisotopic (exact) mass is 273 g/mol. The zero-order valence-electron chi connectivity index (χ0n) is 10.2. The van der Waals surface area contributed by atoms with Crippen LogP contribution < -0.4 is 5.32 Å². The first-order chi connectivity index (χ1) is 9.63. The largest absolute Gasteiger partial charge is 0.319 e. The van der Waals surface area contributed by atoms with Crippen molar-refractivity contribution in [3.63, 3.8) is 0 Å². The highest BCUT2D eigenvalue weighted by atomic mass is 19.1. The fourth-order valence-electron chi connectivity index (χ4n) is 1.87.